The number of aliphatic hydroxyl groups excluding tert-OH is 1. The number of hydrogen-bond donors (Lipinski definition) is 7. The maximum Gasteiger partial charge on any atom is 1.00 e. The molecule has 12 aliphatic rings. The Balaban J connectivity index is 0.000000303. The van der Waals surface area contributed by atoms with Crippen molar-refractivity contribution in [2.45, 2.75) is 477 Å². The summed E-state index contributed by atoms with van der Waals surface area (Å²) in [4.78, 5) is 55.1. The third-order valence-electron chi connectivity index (χ3n) is 30.9. The van der Waals surface area contributed by atoms with E-state index in [9.17, 15) is 24.0 Å². The summed E-state index contributed by atoms with van der Waals surface area (Å²) in [6.07, 6.45) is 55.5. The van der Waals surface area contributed by atoms with E-state index in [4.69, 9.17) is 77.9 Å². The van der Waals surface area contributed by atoms with Crippen molar-refractivity contribution in [1.82, 2.24) is 16.0 Å². The third-order valence-corrected chi connectivity index (χ3v) is 30.9. The number of carbonyl (C=O) groups excluding carboxylic acids is 3. The average Bonchev–Trinajstić information content (AvgIpc) is 1.55. The van der Waals surface area contributed by atoms with Crippen molar-refractivity contribution >= 4 is 29.7 Å². The number of carbonyl (C=O) groups is 5. The van der Waals surface area contributed by atoms with E-state index in [-0.39, 0.29) is 159 Å². The van der Waals surface area contributed by atoms with Crippen LogP contribution in [-0.4, -0.2) is 265 Å². The molecule has 0 unspecified atom stereocenters. The number of aliphatic carboxylic acids is 2. The number of aliphatic hydroxyl groups is 1. The molecular weight excluding hydrogens is 1720 g/mol. The minimum absolute atomic E-state index is 0. The number of unbranched alkanes of at least 4 members (excludes halogenated alkanes) is 24. The summed E-state index contributed by atoms with van der Waals surface area (Å²) in [7, 11) is 11.1. The number of methoxy groups -OCH3 is 6. The molecule has 776 valence electrons. The Labute approximate surface area is 826 Å². The van der Waals surface area contributed by atoms with Gasteiger partial charge in [-0.05, 0) is 231 Å². The smallest absolute Gasteiger partial charge is 0.870 e. The second-order valence-electron chi connectivity index (χ2n) is 42.2. The van der Waals surface area contributed by atoms with Gasteiger partial charge in [-0.25, -0.2) is 0 Å². The molecule has 0 aromatic carbocycles. The van der Waals surface area contributed by atoms with Gasteiger partial charge in [0.2, 0.25) is 0 Å². The fraction of sp³-hybridized carbons (Fsp3) is 0.879. The summed E-state index contributed by atoms with van der Waals surface area (Å²) in [6, 6.07) is 1.06. The molecule has 27 nitrogen and oxygen atoms in total. The van der Waals surface area contributed by atoms with E-state index in [0.29, 0.717) is 50.2 Å². The van der Waals surface area contributed by atoms with Crippen molar-refractivity contribution in [3.05, 3.63) is 46.6 Å². The largest absolute Gasteiger partial charge is 1.00 e. The number of ether oxygens (including phenoxy) is 14. The molecule has 23 atom stereocenters. The quantitative estimate of drug-likeness (QED) is 0.00977. The number of nitrogens with two attached hydrogens (primary N) is 1. The summed E-state index contributed by atoms with van der Waals surface area (Å²) in [5.74, 6) is -0.506. The van der Waals surface area contributed by atoms with Gasteiger partial charge in [0.15, 0.2) is 5.78 Å². The van der Waals surface area contributed by atoms with Crippen LogP contribution in [0.25, 0.3) is 0 Å². The Morgan fingerprint density at radius 2 is 0.607 bits per heavy atom. The fourth-order valence-electron chi connectivity index (χ4n) is 22.6. The van der Waals surface area contributed by atoms with Gasteiger partial charge in [-0.15, -0.1) is 0 Å². The van der Waals surface area contributed by atoms with Crippen LogP contribution in [0.5, 0.6) is 0 Å². The van der Waals surface area contributed by atoms with Gasteiger partial charge in [0.25, 0.3) is 0 Å². The standard InChI is InChI=1S/C27H47NO5.2C26H45NO5.C16H24O4.C11H23NO2.CH4O.Li.H2O/c1-20(2)14-15-22-26(3,33-22)25-24(31-5)21(16-17-27(25)19-32-27)28-18-12-10-8-6-7-9-11-13-23(29)30-4;2*1-19(2)13-14-21-25(3,32-21)24-23(30-4)20(15-16-26(24)18-31-26)27-17-11-9-7-5-6-8-10-12-22(28)29;1-10(2)5-6-12-15(3,20-12)14-13(18-4)11(17)7-8-16(14)9-19-16;1-14-11(13)9-7-5-3-2-4-6-8-10-12;1-2;;/h14,21-22,24-25,28H,6-13,15-19H2,1-5H3;2*13,20-21,23-24,27H,5-12,14-18H2,1-4H3,(H,28,29);5,12-14H,6-9H2,1-4H3;2-10,12H2,1H3;2H,1H3;;1H2/q;;;;;;+1;/p-1/t21-,22-,24-,25-,26+,27+;2*20-,21-,23-,24-,25+,26+;12-,13-,14-,15+,16+;;;;/m1111..../s1. The molecule has 8 saturated heterocycles. The summed E-state index contributed by atoms with van der Waals surface area (Å²) >= 11 is 0. The normalized spacial score (nSPS) is 33.4. The minimum atomic E-state index is -0.680. The van der Waals surface area contributed by atoms with E-state index in [2.05, 4.69) is 133 Å². The predicted molar refractivity (Wildman–Crippen MR) is 525 cm³/mol. The molecule has 0 radical (unpaired) electrons. The van der Waals surface area contributed by atoms with Crippen molar-refractivity contribution in [3.8, 4) is 0 Å². The van der Waals surface area contributed by atoms with Crippen LogP contribution in [-0.2, 0) is 90.3 Å². The van der Waals surface area contributed by atoms with Gasteiger partial charge in [0, 0.05) is 104 Å². The van der Waals surface area contributed by atoms with Gasteiger partial charge < -0.3 is 109 Å². The first-order chi connectivity index (χ1) is 63.7. The Hall–Kier alpha value is -3.61. The molecule has 12 fully saturated rings. The molecule has 12 rings (SSSR count). The van der Waals surface area contributed by atoms with Gasteiger partial charge in [-0.1, -0.05) is 175 Å². The first-order valence-corrected chi connectivity index (χ1v) is 52.1. The summed E-state index contributed by atoms with van der Waals surface area (Å²) < 4.78 is 81.9. The molecule has 0 amide bonds. The number of nitrogens with one attached hydrogen (secondary N) is 3. The number of esters is 2. The molecule has 0 aromatic heterocycles. The monoisotopic (exact) mass is 1910 g/mol. The fourth-order valence-corrected chi connectivity index (χ4v) is 22.6. The zero-order valence-electron chi connectivity index (χ0n) is 87.9. The number of ketones is 1. The molecule has 135 heavy (non-hydrogen) atoms. The number of hydrogen-bond acceptors (Lipinski definition) is 25. The first-order valence-electron chi connectivity index (χ1n) is 52.1. The summed E-state index contributed by atoms with van der Waals surface area (Å²) in [5.41, 5.74) is 9.62. The van der Waals surface area contributed by atoms with Crippen LogP contribution < -0.4 is 40.5 Å². The molecule has 8 heterocycles. The van der Waals surface area contributed by atoms with Crippen LogP contribution in [0.15, 0.2) is 46.6 Å². The van der Waals surface area contributed by atoms with Crippen LogP contribution in [0.1, 0.15) is 366 Å². The molecule has 8 aliphatic heterocycles. The predicted octanol–water partition coefficient (Wildman–Crippen LogP) is 15.6. The molecule has 4 saturated carbocycles. The zero-order chi connectivity index (χ0) is 97.5. The molecule has 0 aromatic rings. The van der Waals surface area contributed by atoms with Crippen LogP contribution in [0.4, 0.5) is 0 Å². The third kappa shape index (κ3) is 38.1. The van der Waals surface area contributed by atoms with E-state index >= 15 is 0 Å². The summed E-state index contributed by atoms with van der Waals surface area (Å²) in [6.45, 7) is 33.1. The van der Waals surface area contributed by atoms with Crippen LogP contribution in [0.2, 0.25) is 0 Å². The van der Waals surface area contributed by atoms with E-state index in [0.717, 1.165) is 201 Å². The Morgan fingerprint density at radius 1 is 0.370 bits per heavy atom. The first kappa shape index (κ1) is 122. The van der Waals surface area contributed by atoms with Gasteiger partial charge in [-0.3, -0.25) is 24.0 Å². The molecular formula is C107H189LiN4O23. The molecule has 9 N–H and O–H groups in total. The van der Waals surface area contributed by atoms with Crippen molar-refractivity contribution < 1.29 is 130 Å². The Morgan fingerprint density at radius 3 is 0.837 bits per heavy atom. The number of carboxylic acids is 2. The number of allylic oxidation sites excluding steroid dienone is 4. The Kier molecular flexibility index (Phi) is 54.9. The second kappa shape index (κ2) is 60.9. The topological polar surface area (TPSA) is 394 Å². The molecule has 0 bridgehead atoms. The molecule has 28 heteroatoms. The number of rotatable bonds is 58. The van der Waals surface area contributed by atoms with Crippen LogP contribution >= 0.6 is 0 Å². The van der Waals surface area contributed by atoms with Crippen molar-refractivity contribution in [1.29, 1.82) is 0 Å². The van der Waals surface area contributed by atoms with E-state index in [1.807, 2.05) is 21.3 Å². The minimum Gasteiger partial charge on any atom is -0.870 e. The van der Waals surface area contributed by atoms with Crippen molar-refractivity contribution in [3.63, 3.8) is 0 Å². The van der Waals surface area contributed by atoms with E-state index < -0.39 is 11.9 Å². The second-order valence-corrected chi connectivity index (χ2v) is 42.2. The summed E-state index contributed by atoms with van der Waals surface area (Å²) in [5, 5.41) is 35.8. The number of carboxylic acid groups (broad SMARTS) is 2. The molecule has 4 spiro atoms. The van der Waals surface area contributed by atoms with Gasteiger partial charge >= 0.3 is 42.7 Å². The maximum absolute atomic E-state index is 12.2. The average molecular weight is 1910 g/mol. The zero-order valence-corrected chi connectivity index (χ0v) is 87.9. The number of epoxide rings is 8. The van der Waals surface area contributed by atoms with Gasteiger partial charge in [0.1, 0.15) is 34.1 Å². The van der Waals surface area contributed by atoms with E-state index in [1.54, 1.807) is 7.11 Å². The Bertz CT molecular complexity index is 3430. The SMILES string of the molecule is CO.COC(=O)CCCCCCCCCN.COC(=O)CCCCCCCCCN[C@@H]1CC[C@]2(CO2)[C@@H]([C@@]2(C)O[C@@H]2CC=C(C)C)[C@@H]1OC.CO[C@@H]1C(=O)CC[C@]2(CO2)[C@H]1[C@@]1(C)O[C@@H]1CC=C(C)C.CO[C@@H]1[C@H](NCCCCCCCCCC(=O)O)CC[C@]2(CO2)[C@H]1[C@@]1(C)O[C@@H]1CC=C(C)C.CO[C@@H]1[C@H](NCCCCCCCCCC(=O)O)CC[C@]2(CO2)[C@H]1[C@@]1(C)O[C@@H]1CC=C(C)C.[Li+].[OH-]. The van der Waals surface area contributed by atoms with Gasteiger partial charge in [-0.2, -0.15) is 0 Å². The van der Waals surface area contributed by atoms with Crippen LogP contribution in [0, 0.1) is 23.7 Å². The number of Topliss-reactive ketones (excluding diaryl/α,β-unsaturated/α-hetero) is 1. The van der Waals surface area contributed by atoms with Crippen molar-refractivity contribution in [2.24, 2.45) is 29.4 Å². The van der Waals surface area contributed by atoms with Gasteiger partial charge in [0.05, 0.1) is 106 Å². The van der Waals surface area contributed by atoms with E-state index in [1.165, 1.54) is 146 Å². The molecule has 4 aliphatic carbocycles. The van der Waals surface area contributed by atoms with Crippen molar-refractivity contribution in [2.75, 3.05) is 102 Å². The van der Waals surface area contributed by atoms with Crippen LogP contribution in [0.3, 0.4) is 0 Å². The maximum atomic E-state index is 12.2.